The zero-order valence-electron chi connectivity index (χ0n) is 15.3. The Bertz CT molecular complexity index is 750. The maximum atomic E-state index is 12.8. The molecule has 140 valence electrons. The van der Waals surface area contributed by atoms with Gasteiger partial charge in [0.15, 0.2) is 5.17 Å². The number of nitrogens with zero attached hydrogens (tertiary/aromatic N) is 2. The number of halogens is 2. The second-order valence-electron chi connectivity index (χ2n) is 6.30. The summed E-state index contributed by atoms with van der Waals surface area (Å²) in [4.78, 5) is 19.8. The molecular weight excluding hydrogens is 480 g/mol. The first kappa shape index (κ1) is 21.3. The van der Waals surface area contributed by atoms with Gasteiger partial charge < -0.3 is 4.74 Å². The van der Waals surface area contributed by atoms with Crippen LogP contribution in [0.2, 0.25) is 0 Å². The fourth-order valence-corrected chi connectivity index (χ4v) is 5.03. The minimum Gasteiger partial charge on any atom is -0.487 e. The molecule has 0 aromatic heterocycles. The van der Waals surface area contributed by atoms with E-state index in [0.29, 0.717) is 17.3 Å². The van der Waals surface area contributed by atoms with Gasteiger partial charge in [0.1, 0.15) is 12.4 Å². The SMILES string of the molecule is C=CCOc1c(Br)cc(/C=C2\SC(=NC(C)C)N(C(C)C)C2=O)cc1Br. The quantitative estimate of drug-likeness (QED) is 0.361. The van der Waals surface area contributed by atoms with E-state index < -0.39 is 0 Å². The summed E-state index contributed by atoms with van der Waals surface area (Å²) in [5, 5.41) is 0.760. The Balaban J connectivity index is 2.37. The van der Waals surface area contributed by atoms with E-state index in [-0.39, 0.29) is 18.0 Å². The number of amides is 1. The van der Waals surface area contributed by atoms with Gasteiger partial charge in [0.2, 0.25) is 0 Å². The number of ether oxygens (including phenoxy) is 1. The lowest BCUT2D eigenvalue weighted by Gasteiger charge is -2.20. The average molecular weight is 502 g/mol. The normalized spacial score (nSPS) is 17.8. The van der Waals surface area contributed by atoms with Gasteiger partial charge in [-0.15, -0.1) is 0 Å². The second kappa shape index (κ2) is 9.24. The van der Waals surface area contributed by atoms with Crippen molar-refractivity contribution in [3.63, 3.8) is 0 Å². The molecule has 0 saturated carbocycles. The third-order valence-corrected chi connectivity index (χ3v) is 5.56. The minimum absolute atomic E-state index is 0.0105. The van der Waals surface area contributed by atoms with Crippen LogP contribution in [0.3, 0.4) is 0 Å². The summed E-state index contributed by atoms with van der Waals surface area (Å²) in [5.41, 5.74) is 0.903. The lowest BCUT2D eigenvalue weighted by Crippen LogP contribution is -2.35. The Morgan fingerprint density at radius 3 is 2.38 bits per heavy atom. The molecular formula is C19H22Br2N2O2S. The zero-order valence-corrected chi connectivity index (χ0v) is 19.2. The summed E-state index contributed by atoms with van der Waals surface area (Å²) in [5.74, 6) is 0.701. The van der Waals surface area contributed by atoms with E-state index in [2.05, 4.69) is 43.4 Å². The maximum Gasteiger partial charge on any atom is 0.266 e. The van der Waals surface area contributed by atoms with E-state index in [1.165, 1.54) is 11.8 Å². The van der Waals surface area contributed by atoms with Crippen molar-refractivity contribution in [2.24, 2.45) is 4.99 Å². The predicted molar refractivity (Wildman–Crippen MR) is 118 cm³/mol. The van der Waals surface area contributed by atoms with Gasteiger partial charge in [-0.1, -0.05) is 12.7 Å². The molecule has 1 aromatic rings. The highest BCUT2D eigenvalue weighted by atomic mass is 79.9. The van der Waals surface area contributed by atoms with Crippen molar-refractivity contribution in [1.82, 2.24) is 4.90 Å². The van der Waals surface area contributed by atoms with E-state index in [9.17, 15) is 4.79 Å². The summed E-state index contributed by atoms with van der Waals surface area (Å²) < 4.78 is 7.27. The van der Waals surface area contributed by atoms with Gasteiger partial charge in [-0.3, -0.25) is 14.7 Å². The fourth-order valence-electron chi connectivity index (χ4n) is 2.35. The molecule has 1 aliphatic heterocycles. The van der Waals surface area contributed by atoms with Crippen LogP contribution in [0.25, 0.3) is 6.08 Å². The highest BCUT2D eigenvalue weighted by Gasteiger charge is 2.35. The molecule has 0 radical (unpaired) electrons. The molecule has 7 heteroatoms. The lowest BCUT2D eigenvalue weighted by molar-refractivity contribution is -0.123. The van der Waals surface area contributed by atoms with Crippen LogP contribution >= 0.6 is 43.6 Å². The van der Waals surface area contributed by atoms with Crippen LogP contribution in [0, 0.1) is 0 Å². The minimum atomic E-state index is -0.0105. The number of thioether (sulfide) groups is 1. The Morgan fingerprint density at radius 1 is 1.27 bits per heavy atom. The molecule has 0 atom stereocenters. The molecule has 1 aliphatic rings. The standard InChI is InChI=1S/C19H22Br2N2O2S/c1-6-7-25-17-14(20)8-13(9-15(17)21)10-16-18(24)23(12(4)5)19(26-16)22-11(2)3/h6,8-12H,1,7H2,2-5H3/b16-10-,22-19?. The number of hydrogen-bond donors (Lipinski definition) is 0. The number of carbonyl (C=O) groups is 1. The largest absolute Gasteiger partial charge is 0.487 e. The molecule has 0 aliphatic carbocycles. The first-order chi connectivity index (χ1) is 12.2. The van der Waals surface area contributed by atoms with Crippen molar-refractivity contribution < 1.29 is 9.53 Å². The number of carbonyl (C=O) groups excluding carboxylic acids is 1. The first-order valence-electron chi connectivity index (χ1n) is 8.28. The van der Waals surface area contributed by atoms with Crippen molar-refractivity contribution >= 4 is 60.8 Å². The fraction of sp³-hybridized carbons (Fsp3) is 0.368. The van der Waals surface area contributed by atoms with Crippen LogP contribution < -0.4 is 4.74 Å². The van der Waals surface area contributed by atoms with Crippen molar-refractivity contribution in [2.75, 3.05) is 6.61 Å². The van der Waals surface area contributed by atoms with Crippen molar-refractivity contribution in [3.8, 4) is 5.75 Å². The molecule has 1 fully saturated rings. The maximum absolute atomic E-state index is 12.8. The third kappa shape index (κ3) is 5.02. The monoisotopic (exact) mass is 500 g/mol. The van der Waals surface area contributed by atoms with Crippen LogP contribution in [-0.4, -0.2) is 34.7 Å². The molecule has 1 saturated heterocycles. The summed E-state index contributed by atoms with van der Waals surface area (Å²) >= 11 is 8.48. The molecule has 4 nitrogen and oxygen atoms in total. The Morgan fingerprint density at radius 2 is 1.88 bits per heavy atom. The van der Waals surface area contributed by atoms with Gasteiger partial charge in [0.25, 0.3) is 5.91 Å². The number of aliphatic imine (C=N–C) groups is 1. The lowest BCUT2D eigenvalue weighted by atomic mass is 10.2. The molecule has 0 unspecified atom stereocenters. The number of benzene rings is 1. The van der Waals surface area contributed by atoms with Gasteiger partial charge >= 0.3 is 0 Å². The Labute approximate surface area is 176 Å². The molecule has 1 amide bonds. The van der Waals surface area contributed by atoms with Gasteiger partial charge in [0, 0.05) is 12.1 Å². The molecule has 0 spiro atoms. The smallest absolute Gasteiger partial charge is 0.266 e. The molecule has 0 bridgehead atoms. The van der Waals surface area contributed by atoms with E-state index in [0.717, 1.165) is 19.7 Å². The van der Waals surface area contributed by atoms with Crippen LogP contribution in [0.4, 0.5) is 0 Å². The van der Waals surface area contributed by atoms with Gasteiger partial charge in [-0.05, 0) is 95.1 Å². The van der Waals surface area contributed by atoms with E-state index >= 15 is 0 Å². The summed E-state index contributed by atoms with van der Waals surface area (Å²) in [7, 11) is 0. The summed E-state index contributed by atoms with van der Waals surface area (Å²) in [6.45, 7) is 12.1. The third-order valence-electron chi connectivity index (χ3n) is 3.39. The van der Waals surface area contributed by atoms with Gasteiger partial charge in [-0.2, -0.15) is 0 Å². The summed E-state index contributed by atoms with van der Waals surface area (Å²) in [6, 6.07) is 4.06. The van der Waals surface area contributed by atoms with E-state index in [1.54, 1.807) is 11.0 Å². The first-order valence-corrected chi connectivity index (χ1v) is 10.7. The van der Waals surface area contributed by atoms with Crippen molar-refractivity contribution in [2.45, 2.75) is 39.8 Å². The van der Waals surface area contributed by atoms with Crippen LogP contribution in [0.1, 0.15) is 33.3 Å². The average Bonchev–Trinajstić information content (AvgIpc) is 2.81. The number of rotatable bonds is 6. The molecule has 0 N–H and O–H groups in total. The molecule has 2 rings (SSSR count). The zero-order chi connectivity index (χ0) is 19.4. The molecule has 1 aromatic carbocycles. The number of hydrogen-bond acceptors (Lipinski definition) is 4. The highest BCUT2D eigenvalue weighted by Crippen LogP contribution is 2.38. The summed E-state index contributed by atoms with van der Waals surface area (Å²) in [6.07, 6.45) is 3.58. The van der Waals surface area contributed by atoms with Crippen LogP contribution in [0.15, 0.2) is 43.6 Å². The highest BCUT2D eigenvalue weighted by molar-refractivity contribution is 9.11. The van der Waals surface area contributed by atoms with Crippen molar-refractivity contribution in [1.29, 1.82) is 0 Å². The topological polar surface area (TPSA) is 41.9 Å². The molecule has 26 heavy (non-hydrogen) atoms. The number of amidine groups is 1. The predicted octanol–water partition coefficient (Wildman–Crippen LogP) is 5.87. The van der Waals surface area contributed by atoms with Crippen LogP contribution in [-0.2, 0) is 4.79 Å². The Hall–Kier alpha value is -1.05. The van der Waals surface area contributed by atoms with E-state index in [4.69, 9.17) is 4.74 Å². The van der Waals surface area contributed by atoms with Gasteiger partial charge in [0.05, 0.1) is 13.9 Å². The van der Waals surface area contributed by atoms with E-state index in [1.807, 2.05) is 45.9 Å². The molecule has 1 heterocycles. The second-order valence-corrected chi connectivity index (χ2v) is 9.02. The Kier molecular flexibility index (Phi) is 7.55. The van der Waals surface area contributed by atoms with Gasteiger partial charge in [-0.25, -0.2) is 0 Å². The van der Waals surface area contributed by atoms with Crippen molar-refractivity contribution in [3.05, 3.63) is 44.2 Å². The van der Waals surface area contributed by atoms with Crippen LogP contribution in [0.5, 0.6) is 5.75 Å².